The van der Waals surface area contributed by atoms with E-state index in [-0.39, 0.29) is 0 Å². The van der Waals surface area contributed by atoms with Crippen LogP contribution in [0.3, 0.4) is 0 Å². The van der Waals surface area contributed by atoms with Crippen molar-refractivity contribution in [3.8, 4) is 0 Å². The minimum Gasteiger partial charge on any atom is -0.356 e. The molecular formula is C22H33N5S. The van der Waals surface area contributed by atoms with Crippen LogP contribution in [0, 0.1) is 20.8 Å². The first-order valence-electron chi connectivity index (χ1n) is 10.2. The fourth-order valence-corrected chi connectivity index (χ4v) is 4.69. The topological polar surface area (TPSA) is 52.6 Å². The summed E-state index contributed by atoms with van der Waals surface area (Å²) in [6.45, 7) is 10.6. The first kappa shape index (κ1) is 20.8. The SMILES string of the molecule is CN=C(NCCc1sc(C)nc1C)NC1CCN(Cc2ccccc2C)CC1. The third kappa shape index (κ3) is 5.79. The highest BCUT2D eigenvalue weighted by Gasteiger charge is 2.20. The molecule has 0 radical (unpaired) electrons. The lowest BCUT2D eigenvalue weighted by molar-refractivity contribution is 0.198. The number of thiazole rings is 1. The normalized spacial score (nSPS) is 16.4. The second-order valence-electron chi connectivity index (χ2n) is 7.61. The molecule has 28 heavy (non-hydrogen) atoms. The standard InChI is InChI=1S/C22H33N5S/c1-16-7-5-6-8-19(16)15-27-13-10-20(11-14-27)26-22(23-4)24-12-9-21-17(2)25-18(3)28-21/h5-8,20H,9-15H2,1-4H3,(H2,23,24,26). The lowest BCUT2D eigenvalue weighted by atomic mass is 10.0. The Hall–Kier alpha value is -1.92. The van der Waals surface area contributed by atoms with Crippen LogP contribution in [0.4, 0.5) is 0 Å². The molecule has 1 aromatic carbocycles. The zero-order chi connectivity index (χ0) is 19.9. The molecule has 0 spiro atoms. The number of aliphatic imine (C=N–C) groups is 1. The molecule has 1 aliphatic rings. The first-order valence-corrected chi connectivity index (χ1v) is 11.0. The Kier molecular flexibility index (Phi) is 7.45. The van der Waals surface area contributed by atoms with Gasteiger partial charge < -0.3 is 10.6 Å². The van der Waals surface area contributed by atoms with Crippen LogP contribution in [0.15, 0.2) is 29.3 Å². The van der Waals surface area contributed by atoms with Gasteiger partial charge in [0, 0.05) is 50.6 Å². The molecule has 0 bridgehead atoms. The molecule has 3 rings (SSSR count). The Bertz CT molecular complexity index is 790. The van der Waals surface area contributed by atoms with Crippen LogP contribution in [-0.4, -0.2) is 48.6 Å². The van der Waals surface area contributed by atoms with Crippen molar-refractivity contribution in [3.63, 3.8) is 0 Å². The van der Waals surface area contributed by atoms with E-state index in [1.165, 1.54) is 16.0 Å². The Labute approximate surface area is 173 Å². The number of aromatic nitrogens is 1. The Morgan fingerprint density at radius 3 is 2.61 bits per heavy atom. The predicted molar refractivity (Wildman–Crippen MR) is 119 cm³/mol. The molecule has 152 valence electrons. The molecule has 5 nitrogen and oxygen atoms in total. The highest BCUT2D eigenvalue weighted by molar-refractivity contribution is 7.11. The third-order valence-electron chi connectivity index (χ3n) is 5.45. The van der Waals surface area contributed by atoms with E-state index in [0.717, 1.165) is 62.1 Å². The van der Waals surface area contributed by atoms with E-state index >= 15 is 0 Å². The maximum absolute atomic E-state index is 4.51. The van der Waals surface area contributed by atoms with Crippen molar-refractivity contribution >= 4 is 17.3 Å². The molecule has 1 aromatic heterocycles. The smallest absolute Gasteiger partial charge is 0.191 e. The van der Waals surface area contributed by atoms with Crippen molar-refractivity contribution in [1.82, 2.24) is 20.5 Å². The van der Waals surface area contributed by atoms with Gasteiger partial charge in [0.25, 0.3) is 0 Å². The summed E-state index contributed by atoms with van der Waals surface area (Å²) in [5.41, 5.74) is 3.99. The zero-order valence-electron chi connectivity index (χ0n) is 17.6. The van der Waals surface area contributed by atoms with E-state index in [4.69, 9.17) is 0 Å². The van der Waals surface area contributed by atoms with Crippen LogP contribution >= 0.6 is 11.3 Å². The van der Waals surface area contributed by atoms with Gasteiger partial charge >= 0.3 is 0 Å². The average Bonchev–Trinajstić information content (AvgIpc) is 3.01. The second-order valence-corrected chi connectivity index (χ2v) is 8.90. The second kappa shape index (κ2) is 10.0. The minimum absolute atomic E-state index is 0.492. The van der Waals surface area contributed by atoms with E-state index in [1.54, 1.807) is 11.3 Å². The number of aryl methyl sites for hydroxylation is 3. The van der Waals surface area contributed by atoms with Gasteiger partial charge in [-0.05, 0) is 44.7 Å². The minimum atomic E-state index is 0.492. The van der Waals surface area contributed by atoms with Gasteiger partial charge in [0.2, 0.25) is 0 Å². The van der Waals surface area contributed by atoms with Crippen molar-refractivity contribution in [2.75, 3.05) is 26.7 Å². The zero-order valence-corrected chi connectivity index (χ0v) is 18.4. The summed E-state index contributed by atoms with van der Waals surface area (Å²) in [4.78, 5) is 12.8. The Morgan fingerprint density at radius 2 is 1.96 bits per heavy atom. The summed E-state index contributed by atoms with van der Waals surface area (Å²) in [5.74, 6) is 0.913. The number of nitrogens with one attached hydrogen (secondary N) is 2. The third-order valence-corrected chi connectivity index (χ3v) is 6.58. The van der Waals surface area contributed by atoms with E-state index < -0.39 is 0 Å². The Morgan fingerprint density at radius 1 is 1.21 bits per heavy atom. The largest absolute Gasteiger partial charge is 0.356 e. The van der Waals surface area contributed by atoms with E-state index in [1.807, 2.05) is 7.05 Å². The van der Waals surface area contributed by atoms with Gasteiger partial charge in [0.05, 0.1) is 10.7 Å². The summed E-state index contributed by atoms with van der Waals surface area (Å²) in [5, 5.41) is 8.22. The highest BCUT2D eigenvalue weighted by atomic mass is 32.1. The average molecular weight is 400 g/mol. The van der Waals surface area contributed by atoms with Crippen LogP contribution in [0.25, 0.3) is 0 Å². The maximum atomic E-state index is 4.51. The van der Waals surface area contributed by atoms with Gasteiger partial charge in [-0.25, -0.2) is 4.98 Å². The lowest BCUT2D eigenvalue weighted by Crippen LogP contribution is -2.48. The number of likely N-dealkylation sites (tertiary alicyclic amines) is 1. The summed E-state index contributed by atoms with van der Waals surface area (Å²) < 4.78 is 0. The quantitative estimate of drug-likeness (QED) is 0.577. The van der Waals surface area contributed by atoms with E-state index in [2.05, 4.69) is 70.5 Å². The van der Waals surface area contributed by atoms with Crippen molar-refractivity contribution in [2.45, 2.75) is 52.6 Å². The molecule has 2 N–H and O–H groups in total. The van der Waals surface area contributed by atoms with Crippen molar-refractivity contribution in [1.29, 1.82) is 0 Å². The van der Waals surface area contributed by atoms with Crippen LogP contribution in [-0.2, 0) is 13.0 Å². The number of hydrogen-bond acceptors (Lipinski definition) is 4. The maximum Gasteiger partial charge on any atom is 0.191 e. The molecule has 1 saturated heterocycles. The fraction of sp³-hybridized carbons (Fsp3) is 0.545. The lowest BCUT2D eigenvalue weighted by Gasteiger charge is -2.33. The molecule has 0 amide bonds. The van der Waals surface area contributed by atoms with E-state index in [0.29, 0.717) is 6.04 Å². The van der Waals surface area contributed by atoms with Crippen LogP contribution in [0.5, 0.6) is 0 Å². The van der Waals surface area contributed by atoms with Gasteiger partial charge in [-0.1, -0.05) is 24.3 Å². The molecule has 2 heterocycles. The van der Waals surface area contributed by atoms with Crippen LogP contribution in [0.2, 0.25) is 0 Å². The monoisotopic (exact) mass is 399 g/mol. The number of piperidine rings is 1. The number of rotatable bonds is 6. The molecule has 0 unspecified atom stereocenters. The predicted octanol–water partition coefficient (Wildman–Crippen LogP) is 3.44. The summed E-state index contributed by atoms with van der Waals surface area (Å²) in [7, 11) is 1.85. The van der Waals surface area contributed by atoms with E-state index in [9.17, 15) is 0 Å². The van der Waals surface area contributed by atoms with Gasteiger partial charge in [0.1, 0.15) is 0 Å². The molecule has 1 fully saturated rings. The molecule has 0 aliphatic carbocycles. The molecule has 0 atom stereocenters. The van der Waals surface area contributed by atoms with Crippen LogP contribution < -0.4 is 10.6 Å². The van der Waals surface area contributed by atoms with Gasteiger partial charge in [-0.3, -0.25) is 9.89 Å². The molecular weight excluding hydrogens is 366 g/mol. The highest BCUT2D eigenvalue weighted by Crippen LogP contribution is 2.18. The molecule has 0 saturated carbocycles. The molecule has 2 aromatic rings. The van der Waals surface area contributed by atoms with Crippen molar-refractivity contribution in [3.05, 3.63) is 51.0 Å². The van der Waals surface area contributed by atoms with Gasteiger partial charge in [-0.2, -0.15) is 0 Å². The summed E-state index contributed by atoms with van der Waals surface area (Å²) >= 11 is 1.79. The van der Waals surface area contributed by atoms with Crippen molar-refractivity contribution in [2.24, 2.45) is 4.99 Å². The molecule has 1 aliphatic heterocycles. The Balaban J connectivity index is 1.40. The summed E-state index contributed by atoms with van der Waals surface area (Å²) in [6, 6.07) is 9.20. The number of hydrogen-bond donors (Lipinski definition) is 2. The van der Waals surface area contributed by atoms with Crippen molar-refractivity contribution < 1.29 is 0 Å². The first-order chi connectivity index (χ1) is 13.5. The van der Waals surface area contributed by atoms with Gasteiger partial charge in [-0.15, -0.1) is 11.3 Å². The summed E-state index contributed by atoms with van der Waals surface area (Å²) in [6.07, 6.45) is 3.30. The number of guanidine groups is 1. The fourth-order valence-electron chi connectivity index (χ4n) is 3.75. The number of nitrogens with zero attached hydrogens (tertiary/aromatic N) is 3. The van der Waals surface area contributed by atoms with Gasteiger partial charge in [0.15, 0.2) is 5.96 Å². The van der Waals surface area contributed by atoms with Crippen LogP contribution in [0.1, 0.15) is 39.5 Å². The number of benzene rings is 1. The molecule has 6 heteroatoms.